The van der Waals surface area contributed by atoms with Crippen molar-refractivity contribution < 1.29 is 4.79 Å². The molecule has 2 nitrogen and oxygen atoms in total. The van der Waals surface area contributed by atoms with E-state index >= 15 is 0 Å². The summed E-state index contributed by atoms with van der Waals surface area (Å²) in [6, 6.07) is 5.31. The van der Waals surface area contributed by atoms with Crippen LogP contribution in [0.3, 0.4) is 0 Å². The van der Waals surface area contributed by atoms with Crippen LogP contribution in [0.25, 0.3) is 0 Å². The minimum absolute atomic E-state index is 0.0395. The molecule has 0 atom stereocenters. The summed E-state index contributed by atoms with van der Waals surface area (Å²) in [5, 5.41) is 0.975. The van der Waals surface area contributed by atoms with Crippen LogP contribution in [0.15, 0.2) is 18.2 Å². The molecular formula is C14H16Cl3NO. The highest BCUT2D eigenvalue weighted by Crippen LogP contribution is 2.29. The van der Waals surface area contributed by atoms with E-state index in [1.165, 1.54) is 6.42 Å². The van der Waals surface area contributed by atoms with Crippen LogP contribution < -0.4 is 0 Å². The average Bonchev–Trinajstić information content (AvgIpc) is 2.34. The molecule has 0 radical (unpaired) electrons. The van der Waals surface area contributed by atoms with Crippen molar-refractivity contribution in [2.75, 3.05) is 12.4 Å². The number of hydrogen-bond acceptors (Lipinski definition) is 1. The first-order valence-electron chi connectivity index (χ1n) is 6.45. The molecule has 0 spiro atoms. The van der Waals surface area contributed by atoms with E-state index in [4.69, 9.17) is 34.8 Å². The van der Waals surface area contributed by atoms with E-state index in [0.29, 0.717) is 34.1 Å². The molecule has 0 bridgehead atoms. The lowest BCUT2D eigenvalue weighted by atomic mass is 9.91. The van der Waals surface area contributed by atoms with Gasteiger partial charge in [0.25, 0.3) is 5.91 Å². The fourth-order valence-electron chi connectivity index (χ4n) is 2.19. The Hall–Kier alpha value is -0.440. The van der Waals surface area contributed by atoms with Crippen LogP contribution in [-0.4, -0.2) is 29.3 Å². The Morgan fingerprint density at radius 1 is 1.32 bits per heavy atom. The van der Waals surface area contributed by atoms with Crippen molar-refractivity contribution in [3.8, 4) is 0 Å². The maximum atomic E-state index is 12.6. The SMILES string of the molecule is O=C(c1cc(Cl)ccc1Cl)N(CCCCl)C1CCC1. The van der Waals surface area contributed by atoms with E-state index in [1.54, 1.807) is 18.2 Å². The molecule has 1 amide bonds. The van der Waals surface area contributed by atoms with Crippen molar-refractivity contribution in [3.05, 3.63) is 33.8 Å². The molecule has 5 heteroatoms. The minimum atomic E-state index is -0.0395. The summed E-state index contributed by atoms with van der Waals surface area (Å²) in [6.07, 6.45) is 4.10. The van der Waals surface area contributed by atoms with Crippen LogP contribution >= 0.6 is 34.8 Å². The van der Waals surface area contributed by atoms with Gasteiger partial charge in [-0.05, 0) is 43.9 Å². The molecule has 1 aromatic carbocycles. The summed E-state index contributed by atoms with van der Waals surface area (Å²) < 4.78 is 0. The number of amides is 1. The Bertz CT molecular complexity index is 460. The Morgan fingerprint density at radius 3 is 2.63 bits per heavy atom. The number of nitrogens with zero attached hydrogens (tertiary/aromatic N) is 1. The van der Waals surface area contributed by atoms with Gasteiger partial charge in [0, 0.05) is 23.5 Å². The second-order valence-electron chi connectivity index (χ2n) is 4.75. The third-order valence-corrected chi connectivity index (χ3v) is 4.30. The first kappa shape index (κ1) is 15.0. The highest BCUT2D eigenvalue weighted by molar-refractivity contribution is 6.35. The topological polar surface area (TPSA) is 20.3 Å². The molecule has 1 saturated carbocycles. The zero-order valence-electron chi connectivity index (χ0n) is 10.5. The van der Waals surface area contributed by atoms with Gasteiger partial charge in [-0.3, -0.25) is 4.79 Å². The van der Waals surface area contributed by atoms with Crippen LogP contribution in [0.2, 0.25) is 10.0 Å². The number of benzene rings is 1. The molecule has 0 aliphatic heterocycles. The lowest BCUT2D eigenvalue weighted by Gasteiger charge is -2.37. The van der Waals surface area contributed by atoms with E-state index < -0.39 is 0 Å². The molecule has 0 unspecified atom stereocenters. The molecule has 2 rings (SSSR count). The fraction of sp³-hybridized carbons (Fsp3) is 0.500. The van der Waals surface area contributed by atoms with Crippen molar-refractivity contribution in [2.24, 2.45) is 0 Å². The van der Waals surface area contributed by atoms with Crippen molar-refractivity contribution in [1.82, 2.24) is 4.90 Å². The number of alkyl halides is 1. The van der Waals surface area contributed by atoms with Gasteiger partial charge in [0.1, 0.15) is 0 Å². The molecule has 0 N–H and O–H groups in total. The Balaban J connectivity index is 2.19. The number of carbonyl (C=O) groups is 1. The van der Waals surface area contributed by atoms with Crippen molar-refractivity contribution in [1.29, 1.82) is 0 Å². The lowest BCUT2D eigenvalue weighted by molar-refractivity contribution is 0.0581. The largest absolute Gasteiger partial charge is 0.336 e. The molecule has 1 fully saturated rings. The molecule has 104 valence electrons. The average molecular weight is 321 g/mol. The van der Waals surface area contributed by atoms with Gasteiger partial charge in [-0.15, -0.1) is 11.6 Å². The summed E-state index contributed by atoms with van der Waals surface area (Å²) >= 11 is 17.8. The van der Waals surface area contributed by atoms with Gasteiger partial charge in [-0.25, -0.2) is 0 Å². The van der Waals surface area contributed by atoms with Crippen LogP contribution in [0, 0.1) is 0 Å². The standard InChI is InChI=1S/C14H16Cl3NO/c15-7-2-8-18(11-3-1-4-11)14(19)12-9-10(16)5-6-13(12)17/h5-6,9,11H,1-4,7-8H2. The Labute approximate surface area is 128 Å². The van der Waals surface area contributed by atoms with Gasteiger partial charge >= 0.3 is 0 Å². The molecule has 1 aliphatic carbocycles. The summed E-state index contributed by atoms with van der Waals surface area (Å²) in [6.45, 7) is 0.676. The van der Waals surface area contributed by atoms with E-state index in [2.05, 4.69) is 0 Å². The predicted molar refractivity (Wildman–Crippen MR) is 80.5 cm³/mol. The van der Waals surface area contributed by atoms with Crippen LogP contribution in [-0.2, 0) is 0 Å². The molecule has 19 heavy (non-hydrogen) atoms. The molecule has 1 aliphatic rings. The summed E-state index contributed by atoms with van der Waals surface area (Å²) in [4.78, 5) is 14.5. The molecule has 0 heterocycles. The second-order valence-corrected chi connectivity index (χ2v) is 5.97. The van der Waals surface area contributed by atoms with Gasteiger partial charge in [0.2, 0.25) is 0 Å². The highest BCUT2D eigenvalue weighted by atomic mass is 35.5. The monoisotopic (exact) mass is 319 g/mol. The number of carbonyl (C=O) groups excluding carboxylic acids is 1. The second kappa shape index (κ2) is 6.83. The van der Waals surface area contributed by atoms with Gasteiger partial charge in [-0.1, -0.05) is 23.2 Å². The molecule has 0 saturated heterocycles. The zero-order valence-corrected chi connectivity index (χ0v) is 12.8. The number of rotatable bonds is 5. The molecule has 1 aromatic rings. The van der Waals surface area contributed by atoms with Crippen molar-refractivity contribution in [2.45, 2.75) is 31.7 Å². The summed E-state index contributed by atoms with van der Waals surface area (Å²) in [7, 11) is 0. The third kappa shape index (κ3) is 3.56. The van der Waals surface area contributed by atoms with Gasteiger partial charge in [-0.2, -0.15) is 0 Å². The zero-order chi connectivity index (χ0) is 13.8. The lowest BCUT2D eigenvalue weighted by Crippen LogP contribution is -2.45. The minimum Gasteiger partial charge on any atom is -0.336 e. The maximum absolute atomic E-state index is 12.6. The van der Waals surface area contributed by atoms with E-state index in [-0.39, 0.29) is 5.91 Å². The highest BCUT2D eigenvalue weighted by Gasteiger charge is 2.29. The smallest absolute Gasteiger partial charge is 0.255 e. The summed E-state index contributed by atoms with van der Waals surface area (Å²) in [5.74, 6) is 0.516. The van der Waals surface area contributed by atoms with Gasteiger partial charge in [0.15, 0.2) is 0 Å². The first-order chi connectivity index (χ1) is 9.13. The predicted octanol–water partition coefficient (Wildman–Crippen LogP) is 4.62. The molecule has 0 aromatic heterocycles. The Kier molecular flexibility index (Phi) is 5.37. The van der Waals surface area contributed by atoms with E-state index in [0.717, 1.165) is 19.3 Å². The normalized spacial score (nSPS) is 15.1. The molecular weight excluding hydrogens is 305 g/mol. The first-order valence-corrected chi connectivity index (χ1v) is 7.74. The quantitative estimate of drug-likeness (QED) is 0.725. The summed E-state index contributed by atoms with van der Waals surface area (Å²) in [5.41, 5.74) is 0.482. The van der Waals surface area contributed by atoms with Crippen molar-refractivity contribution >= 4 is 40.7 Å². The third-order valence-electron chi connectivity index (χ3n) is 3.47. The Morgan fingerprint density at radius 2 is 2.05 bits per heavy atom. The van der Waals surface area contributed by atoms with Crippen LogP contribution in [0.4, 0.5) is 0 Å². The van der Waals surface area contributed by atoms with E-state index in [1.807, 2.05) is 4.90 Å². The number of hydrogen-bond donors (Lipinski definition) is 0. The van der Waals surface area contributed by atoms with Crippen LogP contribution in [0.1, 0.15) is 36.0 Å². The van der Waals surface area contributed by atoms with E-state index in [9.17, 15) is 4.79 Å². The van der Waals surface area contributed by atoms with Crippen molar-refractivity contribution in [3.63, 3.8) is 0 Å². The maximum Gasteiger partial charge on any atom is 0.255 e. The van der Waals surface area contributed by atoms with Crippen LogP contribution in [0.5, 0.6) is 0 Å². The fourth-order valence-corrected chi connectivity index (χ4v) is 2.68. The van der Waals surface area contributed by atoms with Gasteiger partial charge in [0.05, 0.1) is 10.6 Å². The number of halogens is 3. The van der Waals surface area contributed by atoms with Gasteiger partial charge < -0.3 is 4.90 Å².